The van der Waals surface area contributed by atoms with Crippen molar-refractivity contribution in [1.82, 2.24) is 0 Å². The number of allylic oxidation sites excluding steroid dienone is 1. The van der Waals surface area contributed by atoms with E-state index in [0.29, 0.717) is 5.56 Å². The van der Waals surface area contributed by atoms with Crippen molar-refractivity contribution in [2.24, 2.45) is 5.92 Å². The van der Waals surface area contributed by atoms with Crippen LogP contribution in [0.3, 0.4) is 0 Å². The minimum absolute atomic E-state index is 0.250. The van der Waals surface area contributed by atoms with Crippen LogP contribution in [0.1, 0.15) is 38.2 Å². The van der Waals surface area contributed by atoms with Gasteiger partial charge in [-0.1, -0.05) is 61.0 Å². The molecule has 0 N–H and O–H groups in total. The van der Waals surface area contributed by atoms with Gasteiger partial charge in [0.05, 0.1) is 0 Å². The van der Waals surface area contributed by atoms with Gasteiger partial charge in [0, 0.05) is 5.56 Å². The fourth-order valence-corrected chi connectivity index (χ4v) is 3.88. The summed E-state index contributed by atoms with van der Waals surface area (Å²) in [5.41, 5.74) is 4.90. The average molecular weight is 392 g/mol. The van der Waals surface area contributed by atoms with Gasteiger partial charge in [0.1, 0.15) is 5.82 Å². The number of rotatable bonds is 3. The number of halogens is 3. The molecule has 3 aromatic carbocycles. The lowest BCUT2D eigenvalue weighted by Gasteiger charge is -2.20. The summed E-state index contributed by atoms with van der Waals surface area (Å²) in [4.78, 5) is 0. The van der Waals surface area contributed by atoms with E-state index in [1.807, 2.05) is 12.1 Å². The van der Waals surface area contributed by atoms with Crippen LogP contribution in [0.2, 0.25) is 0 Å². The number of benzene rings is 3. The minimum atomic E-state index is -0.983. The van der Waals surface area contributed by atoms with Gasteiger partial charge in [-0.3, -0.25) is 0 Å². The van der Waals surface area contributed by atoms with Crippen molar-refractivity contribution >= 4 is 6.08 Å². The van der Waals surface area contributed by atoms with Gasteiger partial charge < -0.3 is 0 Å². The maximum absolute atomic E-state index is 14.6. The summed E-state index contributed by atoms with van der Waals surface area (Å²) < 4.78 is 41.2. The highest BCUT2D eigenvalue weighted by Gasteiger charge is 2.12. The monoisotopic (exact) mass is 392 g/mol. The summed E-state index contributed by atoms with van der Waals surface area (Å²) in [5.74, 6) is -1.57. The zero-order valence-electron chi connectivity index (χ0n) is 16.4. The molecular formula is C26H23F3. The molecule has 0 aliphatic heterocycles. The first kappa shape index (κ1) is 19.5. The van der Waals surface area contributed by atoms with Crippen LogP contribution < -0.4 is 0 Å². The number of hydrogen-bond acceptors (Lipinski definition) is 0. The number of hydrogen-bond donors (Lipinski definition) is 0. The van der Waals surface area contributed by atoms with Crippen LogP contribution in [0.5, 0.6) is 0 Å². The Hall–Kier alpha value is -2.81. The van der Waals surface area contributed by atoms with Gasteiger partial charge in [0.2, 0.25) is 0 Å². The Balaban J connectivity index is 1.55. The molecule has 0 heterocycles. The molecule has 1 saturated carbocycles. The fraction of sp³-hybridized carbons (Fsp3) is 0.231. The third-order valence-corrected chi connectivity index (χ3v) is 5.73. The lowest BCUT2D eigenvalue weighted by molar-refractivity contribution is 0.446. The predicted molar refractivity (Wildman–Crippen MR) is 113 cm³/mol. The van der Waals surface area contributed by atoms with Crippen molar-refractivity contribution in [3.63, 3.8) is 0 Å². The highest BCUT2D eigenvalue weighted by atomic mass is 19.2. The summed E-state index contributed by atoms with van der Waals surface area (Å²) in [6, 6.07) is 16.3. The van der Waals surface area contributed by atoms with Crippen molar-refractivity contribution in [2.45, 2.75) is 32.6 Å². The van der Waals surface area contributed by atoms with E-state index < -0.39 is 17.5 Å². The maximum Gasteiger partial charge on any atom is 0.159 e. The quantitative estimate of drug-likeness (QED) is 0.423. The van der Waals surface area contributed by atoms with Gasteiger partial charge in [-0.15, -0.1) is 0 Å². The van der Waals surface area contributed by atoms with Crippen molar-refractivity contribution < 1.29 is 13.2 Å². The Morgan fingerprint density at radius 2 is 1.31 bits per heavy atom. The molecule has 0 spiro atoms. The van der Waals surface area contributed by atoms with Crippen molar-refractivity contribution in [3.05, 3.63) is 89.3 Å². The van der Waals surface area contributed by atoms with E-state index in [0.717, 1.165) is 34.7 Å². The third kappa shape index (κ3) is 4.45. The summed E-state index contributed by atoms with van der Waals surface area (Å²) >= 11 is 0. The lowest BCUT2D eigenvalue weighted by atomic mass is 9.86. The van der Waals surface area contributed by atoms with Gasteiger partial charge in [-0.05, 0) is 72.1 Å². The molecule has 1 aliphatic carbocycles. The van der Waals surface area contributed by atoms with E-state index in [2.05, 4.69) is 25.1 Å². The first-order valence-corrected chi connectivity index (χ1v) is 10.0. The largest absolute Gasteiger partial charge is 0.206 e. The van der Waals surface area contributed by atoms with E-state index >= 15 is 0 Å². The average Bonchev–Trinajstić information content (AvgIpc) is 2.72. The van der Waals surface area contributed by atoms with Gasteiger partial charge in [-0.25, -0.2) is 13.2 Å². The second-order valence-electron chi connectivity index (χ2n) is 7.93. The van der Waals surface area contributed by atoms with E-state index in [1.165, 1.54) is 43.4 Å². The van der Waals surface area contributed by atoms with E-state index in [-0.39, 0.29) is 5.56 Å². The van der Waals surface area contributed by atoms with Gasteiger partial charge in [0.15, 0.2) is 11.6 Å². The molecule has 3 aromatic rings. The van der Waals surface area contributed by atoms with Gasteiger partial charge in [-0.2, -0.15) is 0 Å². The van der Waals surface area contributed by atoms with Crippen molar-refractivity contribution in [1.29, 1.82) is 0 Å². The second-order valence-corrected chi connectivity index (χ2v) is 7.93. The molecule has 0 amide bonds. The summed E-state index contributed by atoms with van der Waals surface area (Å²) in [6.07, 6.45) is 7.11. The molecule has 3 heteroatoms. The summed E-state index contributed by atoms with van der Waals surface area (Å²) in [7, 11) is 0. The van der Waals surface area contributed by atoms with Crippen molar-refractivity contribution in [2.75, 3.05) is 0 Å². The molecule has 4 rings (SSSR count). The van der Waals surface area contributed by atoms with Gasteiger partial charge >= 0.3 is 0 Å². The molecular weight excluding hydrogens is 369 g/mol. The van der Waals surface area contributed by atoms with Gasteiger partial charge in [0.25, 0.3) is 0 Å². The molecule has 0 atom stereocenters. The molecule has 0 bridgehead atoms. The normalized spacial score (nSPS) is 16.7. The Labute approximate surface area is 169 Å². The highest BCUT2D eigenvalue weighted by molar-refractivity contribution is 5.72. The van der Waals surface area contributed by atoms with Crippen LogP contribution in [-0.2, 0) is 0 Å². The summed E-state index contributed by atoms with van der Waals surface area (Å²) in [5, 5.41) is 0. The second kappa shape index (κ2) is 8.28. The molecule has 148 valence electrons. The minimum Gasteiger partial charge on any atom is -0.206 e. The van der Waals surface area contributed by atoms with Crippen LogP contribution in [-0.4, -0.2) is 0 Å². The Bertz CT molecular complexity index is 1040. The smallest absolute Gasteiger partial charge is 0.159 e. The predicted octanol–water partition coefficient (Wildman–Crippen LogP) is 8.03. The summed E-state index contributed by atoms with van der Waals surface area (Å²) in [6.45, 7) is 2.31. The molecule has 0 nitrogen and oxygen atoms in total. The van der Waals surface area contributed by atoms with Crippen LogP contribution in [0.25, 0.3) is 28.3 Å². The van der Waals surface area contributed by atoms with Crippen LogP contribution in [0.4, 0.5) is 13.2 Å². The molecule has 1 fully saturated rings. The van der Waals surface area contributed by atoms with E-state index in [9.17, 15) is 13.2 Å². The van der Waals surface area contributed by atoms with Crippen molar-refractivity contribution in [3.8, 4) is 22.3 Å². The Morgan fingerprint density at radius 3 is 1.97 bits per heavy atom. The molecule has 29 heavy (non-hydrogen) atoms. The first-order valence-electron chi connectivity index (χ1n) is 10.0. The van der Waals surface area contributed by atoms with E-state index in [1.54, 1.807) is 12.1 Å². The first-order chi connectivity index (χ1) is 14.0. The third-order valence-electron chi connectivity index (χ3n) is 5.73. The zero-order valence-corrected chi connectivity index (χ0v) is 16.4. The highest BCUT2D eigenvalue weighted by Crippen LogP contribution is 2.31. The lowest BCUT2D eigenvalue weighted by Crippen LogP contribution is -2.03. The van der Waals surface area contributed by atoms with Crippen LogP contribution in [0, 0.1) is 23.4 Å². The standard InChI is InChI=1S/C26H23F3/c1-17-2-4-18(5-3-17)14-19-6-8-20(9-7-19)21-10-12-23(25(28)15-21)22-11-13-24(27)26(29)16-22/h6-17H,2-5H2,1H3. The fourth-order valence-electron chi connectivity index (χ4n) is 3.88. The molecule has 1 aliphatic rings. The van der Waals surface area contributed by atoms with Crippen LogP contribution in [0.15, 0.2) is 66.2 Å². The molecule has 0 saturated heterocycles. The SMILES string of the molecule is CC1CCC(=Cc2ccc(-c3ccc(-c4ccc(F)c(F)c4)c(F)c3)cc2)CC1. The maximum atomic E-state index is 14.6. The molecule has 0 aromatic heterocycles. The van der Waals surface area contributed by atoms with E-state index in [4.69, 9.17) is 0 Å². The molecule has 0 radical (unpaired) electrons. The zero-order chi connectivity index (χ0) is 20.4. The van der Waals surface area contributed by atoms with Crippen LogP contribution >= 0.6 is 0 Å². The molecule has 0 unspecified atom stereocenters. The Morgan fingerprint density at radius 1 is 0.690 bits per heavy atom. The Kier molecular flexibility index (Phi) is 5.57. The topological polar surface area (TPSA) is 0 Å².